The van der Waals surface area contributed by atoms with Crippen LogP contribution in [0.1, 0.15) is 11.1 Å². The molecule has 0 unspecified atom stereocenters. The maximum atomic E-state index is 12.2. The Kier molecular flexibility index (Phi) is 6.95. The van der Waals surface area contributed by atoms with Crippen LogP contribution >= 0.6 is 0 Å². The van der Waals surface area contributed by atoms with Gasteiger partial charge in [0.05, 0.1) is 12.0 Å². The summed E-state index contributed by atoms with van der Waals surface area (Å²) in [4.78, 5) is 8.30. The minimum Gasteiger partial charge on any atom is -0.484 e. The summed E-state index contributed by atoms with van der Waals surface area (Å²) < 4.78 is 43.3. The number of aliphatic imine (C=N–C) groups is 1. The van der Waals surface area contributed by atoms with Gasteiger partial charge >= 0.3 is 6.18 Å². The van der Waals surface area contributed by atoms with Crippen LogP contribution in [0.4, 0.5) is 13.2 Å². The van der Waals surface area contributed by atoms with Crippen molar-refractivity contribution in [1.82, 2.24) is 20.2 Å². The second-order valence-electron chi connectivity index (χ2n) is 6.43. The monoisotopic (exact) mass is 417 g/mol. The molecule has 6 nitrogen and oxygen atoms in total. The zero-order valence-corrected chi connectivity index (χ0v) is 16.4. The van der Waals surface area contributed by atoms with E-state index in [0.717, 1.165) is 16.8 Å². The maximum absolute atomic E-state index is 12.2. The summed E-state index contributed by atoms with van der Waals surface area (Å²) in [5, 5.41) is 6.45. The highest BCUT2D eigenvalue weighted by Crippen LogP contribution is 2.19. The quantitative estimate of drug-likeness (QED) is 0.455. The number of benzene rings is 2. The zero-order valence-electron chi connectivity index (χ0n) is 16.4. The average Bonchev–Trinajstić information content (AvgIpc) is 3.27. The first-order valence-corrected chi connectivity index (χ1v) is 9.24. The lowest BCUT2D eigenvalue weighted by Crippen LogP contribution is -2.36. The molecule has 0 spiro atoms. The molecule has 3 aromatic rings. The largest absolute Gasteiger partial charge is 0.484 e. The number of hydrogen-bond acceptors (Lipinski definition) is 3. The highest BCUT2D eigenvalue weighted by molar-refractivity contribution is 5.79. The third-order valence-corrected chi connectivity index (χ3v) is 4.23. The SMILES string of the molecule is CN=C(NCc1ccc(OCC(F)(F)F)cc1)NCc1ccccc1-n1ccnc1. The van der Waals surface area contributed by atoms with Crippen LogP contribution in [0.25, 0.3) is 5.69 Å². The van der Waals surface area contributed by atoms with Gasteiger partial charge in [-0.25, -0.2) is 4.98 Å². The van der Waals surface area contributed by atoms with Crippen LogP contribution < -0.4 is 15.4 Å². The minimum absolute atomic E-state index is 0.176. The molecule has 0 bridgehead atoms. The Balaban J connectivity index is 1.52. The van der Waals surface area contributed by atoms with E-state index in [0.29, 0.717) is 19.0 Å². The molecule has 2 N–H and O–H groups in total. The lowest BCUT2D eigenvalue weighted by Gasteiger charge is -2.15. The van der Waals surface area contributed by atoms with Crippen LogP contribution in [0, 0.1) is 0 Å². The first-order valence-electron chi connectivity index (χ1n) is 9.24. The summed E-state index contributed by atoms with van der Waals surface area (Å²) in [5.41, 5.74) is 2.98. The van der Waals surface area contributed by atoms with Crippen LogP contribution in [0.15, 0.2) is 72.2 Å². The molecule has 0 aliphatic heterocycles. The number of halogens is 3. The highest BCUT2D eigenvalue weighted by Gasteiger charge is 2.28. The van der Waals surface area contributed by atoms with Gasteiger partial charge in [-0.15, -0.1) is 0 Å². The standard InChI is InChI=1S/C21H22F3N5O/c1-25-20(27-12-16-6-8-18(9-7-16)30-14-21(22,23)24)28-13-17-4-2-3-5-19(17)29-11-10-26-15-29/h2-11,15H,12-14H2,1H3,(H2,25,27,28). The zero-order chi connectivity index (χ0) is 21.4. The summed E-state index contributed by atoms with van der Waals surface area (Å²) in [6.45, 7) is -0.289. The molecule has 1 aromatic heterocycles. The van der Waals surface area contributed by atoms with Crippen molar-refractivity contribution in [2.24, 2.45) is 4.99 Å². The van der Waals surface area contributed by atoms with E-state index in [2.05, 4.69) is 20.6 Å². The van der Waals surface area contributed by atoms with Crippen molar-refractivity contribution in [3.63, 3.8) is 0 Å². The van der Waals surface area contributed by atoms with Gasteiger partial charge in [-0.05, 0) is 29.3 Å². The maximum Gasteiger partial charge on any atom is 0.422 e. The number of nitrogens with one attached hydrogen (secondary N) is 2. The minimum atomic E-state index is -4.35. The van der Waals surface area contributed by atoms with E-state index in [-0.39, 0.29) is 5.75 Å². The van der Waals surface area contributed by atoms with E-state index in [9.17, 15) is 13.2 Å². The first-order chi connectivity index (χ1) is 14.4. The second-order valence-corrected chi connectivity index (χ2v) is 6.43. The number of aromatic nitrogens is 2. The number of ether oxygens (including phenoxy) is 1. The number of alkyl halides is 3. The van der Waals surface area contributed by atoms with Crippen LogP contribution in [0.3, 0.4) is 0 Å². The van der Waals surface area contributed by atoms with Crippen LogP contribution in [0.2, 0.25) is 0 Å². The molecule has 0 amide bonds. The molecular formula is C21H22F3N5O. The van der Waals surface area contributed by atoms with Gasteiger partial charge in [0.1, 0.15) is 5.75 Å². The van der Waals surface area contributed by atoms with E-state index >= 15 is 0 Å². The number of imidazole rings is 1. The second kappa shape index (κ2) is 9.82. The fourth-order valence-corrected chi connectivity index (χ4v) is 2.77. The third-order valence-electron chi connectivity index (χ3n) is 4.23. The lowest BCUT2D eigenvalue weighted by atomic mass is 10.1. The van der Waals surface area contributed by atoms with Crippen molar-refractivity contribution in [3.8, 4) is 11.4 Å². The van der Waals surface area contributed by atoms with Gasteiger partial charge in [0.25, 0.3) is 0 Å². The molecule has 3 rings (SSSR count). The normalized spacial score (nSPS) is 11.9. The van der Waals surface area contributed by atoms with Crippen LogP contribution in [-0.4, -0.2) is 35.3 Å². The fraction of sp³-hybridized carbons (Fsp3) is 0.238. The fourth-order valence-electron chi connectivity index (χ4n) is 2.77. The van der Waals surface area contributed by atoms with Gasteiger partial charge in [0.15, 0.2) is 12.6 Å². The molecular weight excluding hydrogens is 395 g/mol. The number of hydrogen-bond donors (Lipinski definition) is 2. The molecule has 0 saturated heterocycles. The summed E-state index contributed by atoms with van der Waals surface area (Å²) in [6.07, 6.45) is 1.00. The Morgan fingerprint density at radius 1 is 1.07 bits per heavy atom. The van der Waals surface area contributed by atoms with Crippen molar-refractivity contribution in [2.75, 3.05) is 13.7 Å². The molecule has 1 heterocycles. The summed E-state index contributed by atoms with van der Waals surface area (Å²) in [6, 6.07) is 14.4. The van der Waals surface area contributed by atoms with Crippen molar-refractivity contribution in [2.45, 2.75) is 19.3 Å². The Morgan fingerprint density at radius 2 is 1.80 bits per heavy atom. The Hall–Kier alpha value is -3.49. The van der Waals surface area contributed by atoms with Crippen molar-refractivity contribution in [3.05, 3.63) is 78.4 Å². The third kappa shape index (κ3) is 6.26. The molecule has 0 fully saturated rings. The molecule has 9 heteroatoms. The molecule has 0 radical (unpaired) electrons. The van der Waals surface area contributed by atoms with E-state index in [1.54, 1.807) is 31.7 Å². The molecule has 0 aliphatic carbocycles. The molecule has 0 saturated carbocycles. The van der Waals surface area contributed by atoms with Crippen molar-refractivity contribution < 1.29 is 17.9 Å². The van der Waals surface area contributed by atoms with E-state index < -0.39 is 12.8 Å². The van der Waals surface area contributed by atoms with Crippen LogP contribution in [0.5, 0.6) is 5.75 Å². The van der Waals surface area contributed by atoms with Crippen molar-refractivity contribution >= 4 is 5.96 Å². The van der Waals surface area contributed by atoms with Gasteiger partial charge in [-0.2, -0.15) is 13.2 Å². The predicted octanol–water partition coefficient (Wildman–Crippen LogP) is 3.68. The van der Waals surface area contributed by atoms with Gasteiger partial charge in [-0.1, -0.05) is 30.3 Å². The molecule has 30 heavy (non-hydrogen) atoms. The van der Waals surface area contributed by atoms with Gasteiger partial charge in [0.2, 0.25) is 0 Å². The first kappa shape index (κ1) is 21.2. The van der Waals surface area contributed by atoms with E-state index in [1.165, 1.54) is 12.1 Å². The Morgan fingerprint density at radius 3 is 2.47 bits per heavy atom. The molecule has 2 aromatic carbocycles. The molecule has 0 aliphatic rings. The van der Waals surface area contributed by atoms with E-state index in [4.69, 9.17) is 4.74 Å². The van der Waals surface area contributed by atoms with Crippen LogP contribution in [-0.2, 0) is 13.1 Å². The lowest BCUT2D eigenvalue weighted by molar-refractivity contribution is -0.153. The van der Waals surface area contributed by atoms with Crippen molar-refractivity contribution in [1.29, 1.82) is 0 Å². The topological polar surface area (TPSA) is 63.5 Å². The summed E-state index contributed by atoms with van der Waals surface area (Å²) in [5.74, 6) is 0.780. The number of nitrogens with zero attached hydrogens (tertiary/aromatic N) is 3. The van der Waals surface area contributed by atoms with Gasteiger partial charge < -0.3 is 19.9 Å². The average molecular weight is 417 g/mol. The predicted molar refractivity (Wildman–Crippen MR) is 109 cm³/mol. The summed E-state index contributed by atoms with van der Waals surface area (Å²) in [7, 11) is 1.67. The molecule has 0 atom stereocenters. The summed E-state index contributed by atoms with van der Waals surface area (Å²) >= 11 is 0. The number of rotatable bonds is 7. The van der Waals surface area contributed by atoms with Gasteiger partial charge in [0, 0.05) is 32.5 Å². The molecule has 158 valence electrons. The number of guanidine groups is 1. The van der Waals surface area contributed by atoms with Gasteiger partial charge in [-0.3, -0.25) is 4.99 Å². The Bertz CT molecular complexity index is 954. The number of para-hydroxylation sites is 1. The Labute approximate surface area is 172 Å². The highest BCUT2D eigenvalue weighted by atomic mass is 19.4. The smallest absolute Gasteiger partial charge is 0.422 e. The van der Waals surface area contributed by atoms with E-state index in [1.807, 2.05) is 35.0 Å².